The molecule has 2 heterocycles. The highest BCUT2D eigenvalue weighted by Gasteiger charge is 2.08. The Labute approximate surface area is 99.1 Å². The van der Waals surface area contributed by atoms with E-state index in [1.165, 1.54) is 11.3 Å². The third-order valence-corrected chi connectivity index (χ3v) is 3.27. The number of thiophene rings is 1. The van der Waals surface area contributed by atoms with Gasteiger partial charge in [-0.15, -0.1) is 11.3 Å². The van der Waals surface area contributed by atoms with E-state index in [4.69, 9.17) is 5.11 Å². The number of nitrogens with one attached hydrogen (secondary N) is 1. The van der Waals surface area contributed by atoms with Crippen molar-refractivity contribution in [2.45, 2.75) is 19.4 Å². The van der Waals surface area contributed by atoms with Crippen molar-refractivity contribution in [2.75, 3.05) is 0 Å². The summed E-state index contributed by atoms with van der Waals surface area (Å²) in [4.78, 5) is 36.4. The standard InChI is InChI=1S/C10H10N2O4S/c13-7(14)2-1-4-12-9(15)8-6(3-5-17-8)11-10(12)16/h3,5H,1-2,4H2,(H,11,16)(H,13,14). The Kier molecular flexibility index (Phi) is 3.10. The van der Waals surface area contributed by atoms with Gasteiger partial charge in [0.15, 0.2) is 0 Å². The molecule has 0 saturated carbocycles. The molecule has 2 N–H and O–H groups in total. The molecule has 0 spiro atoms. The van der Waals surface area contributed by atoms with Crippen molar-refractivity contribution in [1.29, 1.82) is 0 Å². The number of hydrogen-bond acceptors (Lipinski definition) is 4. The number of fused-ring (bicyclic) bond motifs is 1. The summed E-state index contributed by atoms with van der Waals surface area (Å²) in [5.74, 6) is -0.938. The van der Waals surface area contributed by atoms with Gasteiger partial charge in [-0.05, 0) is 17.9 Å². The zero-order chi connectivity index (χ0) is 12.4. The Balaban J connectivity index is 2.36. The summed E-state index contributed by atoms with van der Waals surface area (Å²) >= 11 is 1.26. The molecular formula is C10H10N2O4S. The van der Waals surface area contributed by atoms with E-state index in [1.54, 1.807) is 11.4 Å². The van der Waals surface area contributed by atoms with Gasteiger partial charge in [0.2, 0.25) is 0 Å². The second kappa shape index (κ2) is 4.54. The predicted molar refractivity (Wildman–Crippen MR) is 63.6 cm³/mol. The highest BCUT2D eigenvalue weighted by atomic mass is 32.1. The molecule has 0 atom stereocenters. The van der Waals surface area contributed by atoms with Crippen LogP contribution in [0.5, 0.6) is 0 Å². The third kappa shape index (κ3) is 2.28. The number of aromatic nitrogens is 2. The molecule has 0 aliphatic heterocycles. The molecule has 0 amide bonds. The van der Waals surface area contributed by atoms with Crippen LogP contribution in [-0.4, -0.2) is 20.6 Å². The first-order valence-electron chi connectivity index (χ1n) is 5.01. The van der Waals surface area contributed by atoms with Crippen LogP contribution >= 0.6 is 11.3 Å². The Morgan fingerprint density at radius 1 is 1.47 bits per heavy atom. The number of nitrogens with zero attached hydrogens (tertiary/aromatic N) is 1. The number of hydrogen-bond donors (Lipinski definition) is 2. The van der Waals surface area contributed by atoms with Gasteiger partial charge in [-0.25, -0.2) is 4.79 Å². The second-order valence-electron chi connectivity index (χ2n) is 3.55. The molecule has 2 aromatic rings. The summed E-state index contributed by atoms with van der Waals surface area (Å²) in [6.07, 6.45) is 0.198. The van der Waals surface area contributed by atoms with Gasteiger partial charge < -0.3 is 10.1 Å². The van der Waals surface area contributed by atoms with Crippen molar-refractivity contribution < 1.29 is 9.90 Å². The molecule has 7 heteroatoms. The quantitative estimate of drug-likeness (QED) is 0.836. The first-order valence-corrected chi connectivity index (χ1v) is 5.89. The minimum Gasteiger partial charge on any atom is -0.481 e. The van der Waals surface area contributed by atoms with Crippen LogP contribution in [0.3, 0.4) is 0 Å². The van der Waals surface area contributed by atoms with Crippen molar-refractivity contribution >= 4 is 27.5 Å². The van der Waals surface area contributed by atoms with Crippen LogP contribution in [0.25, 0.3) is 10.2 Å². The van der Waals surface area contributed by atoms with Crippen LogP contribution < -0.4 is 11.2 Å². The van der Waals surface area contributed by atoms with Crippen molar-refractivity contribution in [3.05, 3.63) is 32.3 Å². The minimum absolute atomic E-state index is 0.0612. The van der Waals surface area contributed by atoms with Crippen LogP contribution in [0, 0.1) is 0 Å². The van der Waals surface area contributed by atoms with Gasteiger partial charge >= 0.3 is 11.7 Å². The normalized spacial score (nSPS) is 10.8. The van der Waals surface area contributed by atoms with Gasteiger partial charge in [-0.3, -0.25) is 14.2 Å². The zero-order valence-electron chi connectivity index (χ0n) is 8.80. The Morgan fingerprint density at radius 2 is 2.24 bits per heavy atom. The van der Waals surface area contributed by atoms with Crippen LogP contribution in [0.1, 0.15) is 12.8 Å². The summed E-state index contributed by atoms with van der Waals surface area (Å²) in [6.45, 7) is 0.119. The number of aliphatic carboxylic acids is 1. The van der Waals surface area contributed by atoms with Crippen LogP contribution in [0.15, 0.2) is 21.0 Å². The van der Waals surface area contributed by atoms with Gasteiger partial charge in [-0.2, -0.15) is 0 Å². The largest absolute Gasteiger partial charge is 0.481 e. The van der Waals surface area contributed by atoms with Gasteiger partial charge in [0.05, 0.1) is 5.52 Å². The average molecular weight is 254 g/mol. The molecule has 2 aromatic heterocycles. The SMILES string of the molecule is O=C(O)CCCn1c(=O)[nH]c2ccsc2c1=O. The number of rotatable bonds is 4. The topological polar surface area (TPSA) is 92.2 Å². The molecule has 0 radical (unpaired) electrons. The lowest BCUT2D eigenvalue weighted by atomic mass is 10.3. The first kappa shape index (κ1) is 11.6. The van der Waals surface area contributed by atoms with E-state index in [9.17, 15) is 14.4 Å². The number of aromatic amines is 1. The Morgan fingerprint density at radius 3 is 2.94 bits per heavy atom. The minimum atomic E-state index is -0.938. The van der Waals surface area contributed by atoms with Gasteiger partial charge in [-0.1, -0.05) is 0 Å². The lowest BCUT2D eigenvalue weighted by Crippen LogP contribution is -2.34. The van der Waals surface area contributed by atoms with E-state index in [2.05, 4.69) is 4.98 Å². The molecule has 0 fully saturated rings. The summed E-state index contributed by atoms with van der Waals surface area (Å²) in [5, 5.41) is 10.2. The van der Waals surface area contributed by atoms with Crippen LogP contribution in [-0.2, 0) is 11.3 Å². The number of H-pyrrole nitrogens is 1. The molecule has 0 aliphatic carbocycles. The van der Waals surface area contributed by atoms with Gasteiger partial charge in [0.25, 0.3) is 5.56 Å². The van der Waals surface area contributed by atoms with E-state index in [1.807, 2.05) is 0 Å². The third-order valence-electron chi connectivity index (χ3n) is 2.36. The molecule has 0 saturated heterocycles. The highest BCUT2D eigenvalue weighted by molar-refractivity contribution is 7.17. The number of carboxylic acids is 1. The molecular weight excluding hydrogens is 244 g/mol. The lowest BCUT2D eigenvalue weighted by Gasteiger charge is -2.02. The molecule has 2 rings (SSSR count). The van der Waals surface area contributed by atoms with Gasteiger partial charge in [0.1, 0.15) is 4.70 Å². The molecule has 17 heavy (non-hydrogen) atoms. The summed E-state index contributed by atoms with van der Waals surface area (Å²) in [7, 11) is 0. The summed E-state index contributed by atoms with van der Waals surface area (Å²) < 4.78 is 1.53. The average Bonchev–Trinajstić information content (AvgIpc) is 2.70. The molecule has 6 nitrogen and oxygen atoms in total. The molecule has 0 aliphatic rings. The summed E-state index contributed by atoms with van der Waals surface area (Å²) in [6, 6.07) is 1.67. The fourth-order valence-corrected chi connectivity index (χ4v) is 2.36. The van der Waals surface area contributed by atoms with Gasteiger partial charge in [0, 0.05) is 13.0 Å². The monoisotopic (exact) mass is 254 g/mol. The van der Waals surface area contributed by atoms with E-state index >= 15 is 0 Å². The maximum absolute atomic E-state index is 11.9. The Bertz CT molecular complexity index is 667. The molecule has 0 aromatic carbocycles. The Hall–Kier alpha value is -1.89. The van der Waals surface area contributed by atoms with E-state index in [-0.39, 0.29) is 24.9 Å². The highest BCUT2D eigenvalue weighted by Crippen LogP contribution is 2.12. The van der Waals surface area contributed by atoms with Crippen LogP contribution in [0.4, 0.5) is 0 Å². The zero-order valence-corrected chi connectivity index (χ0v) is 9.62. The fraction of sp³-hybridized carbons (Fsp3) is 0.300. The smallest absolute Gasteiger partial charge is 0.328 e. The maximum Gasteiger partial charge on any atom is 0.328 e. The van der Waals surface area contributed by atoms with E-state index in [0.29, 0.717) is 10.2 Å². The fourth-order valence-electron chi connectivity index (χ4n) is 1.56. The van der Waals surface area contributed by atoms with Crippen LogP contribution in [0.2, 0.25) is 0 Å². The van der Waals surface area contributed by atoms with Crippen molar-refractivity contribution in [3.63, 3.8) is 0 Å². The first-order chi connectivity index (χ1) is 8.09. The lowest BCUT2D eigenvalue weighted by molar-refractivity contribution is -0.137. The maximum atomic E-state index is 11.9. The molecule has 0 unspecified atom stereocenters. The molecule has 0 bridgehead atoms. The summed E-state index contributed by atoms with van der Waals surface area (Å²) in [5.41, 5.74) is -0.324. The second-order valence-corrected chi connectivity index (χ2v) is 4.46. The molecule has 90 valence electrons. The predicted octanol–water partition coefficient (Wildman–Crippen LogP) is 0.616. The van der Waals surface area contributed by atoms with E-state index in [0.717, 1.165) is 4.57 Å². The van der Waals surface area contributed by atoms with E-state index < -0.39 is 11.7 Å². The van der Waals surface area contributed by atoms with Crippen molar-refractivity contribution in [3.8, 4) is 0 Å². The number of carboxylic acid groups (broad SMARTS) is 1. The van der Waals surface area contributed by atoms with Crippen molar-refractivity contribution in [2.24, 2.45) is 0 Å². The number of carbonyl (C=O) groups is 1. The van der Waals surface area contributed by atoms with Crippen molar-refractivity contribution in [1.82, 2.24) is 9.55 Å².